The Labute approximate surface area is 85.3 Å². The van der Waals surface area contributed by atoms with E-state index in [2.05, 4.69) is 16.8 Å². The molecule has 0 amide bonds. The van der Waals surface area contributed by atoms with Gasteiger partial charge in [0.25, 0.3) is 0 Å². The van der Waals surface area contributed by atoms with Gasteiger partial charge >= 0.3 is 11.2 Å². The van der Waals surface area contributed by atoms with Crippen molar-refractivity contribution in [2.75, 3.05) is 6.54 Å². The molecule has 0 radical (unpaired) electrons. The summed E-state index contributed by atoms with van der Waals surface area (Å²) >= 11 is 0. The molecule has 0 spiro atoms. The number of nitrogens with two attached hydrogens (primary N) is 1. The third kappa shape index (κ3) is 2.93. The molecule has 1 aromatic heterocycles. The van der Waals surface area contributed by atoms with Crippen molar-refractivity contribution in [3.63, 3.8) is 0 Å². The summed E-state index contributed by atoms with van der Waals surface area (Å²) in [6.45, 7) is 0.429. The fourth-order valence-electron chi connectivity index (χ4n) is 0.916. The van der Waals surface area contributed by atoms with Crippen LogP contribution in [0.15, 0.2) is 17.1 Å². The summed E-state index contributed by atoms with van der Waals surface area (Å²) in [6.07, 6.45) is 1.84. The highest BCUT2D eigenvalue weighted by molar-refractivity contribution is 5.39. The molecular formula is C9H9N3O3. The highest BCUT2D eigenvalue weighted by Gasteiger charge is 2.11. The van der Waals surface area contributed by atoms with Gasteiger partial charge in [-0.25, -0.2) is 0 Å². The second-order valence-electron chi connectivity index (χ2n) is 2.70. The molecule has 1 heterocycles. The van der Waals surface area contributed by atoms with E-state index in [1.807, 2.05) is 0 Å². The number of aromatic nitrogens is 1. The molecule has 6 nitrogen and oxygen atoms in total. The monoisotopic (exact) mass is 207 g/mol. The van der Waals surface area contributed by atoms with Crippen LogP contribution in [0, 0.1) is 22.0 Å². The molecular weight excluding hydrogens is 198 g/mol. The SMILES string of the molecule is NCCC#Cc1c[nH]c(=O)c([N+](=O)[O-])c1. The van der Waals surface area contributed by atoms with Crippen molar-refractivity contribution in [2.45, 2.75) is 6.42 Å². The minimum absolute atomic E-state index is 0.398. The van der Waals surface area contributed by atoms with Crippen LogP contribution in [-0.4, -0.2) is 16.5 Å². The Kier molecular flexibility index (Phi) is 3.60. The van der Waals surface area contributed by atoms with Gasteiger partial charge in [0.15, 0.2) is 0 Å². The number of aromatic amines is 1. The molecule has 0 aliphatic carbocycles. The molecule has 0 atom stereocenters. The minimum Gasteiger partial charge on any atom is -0.330 e. The molecule has 15 heavy (non-hydrogen) atoms. The van der Waals surface area contributed by atoms with Crippen LogP contribution < -0.4 is 11.3 Å². The van der Waals surface area contributed by atoms with Gasteiger partial charge in [0.2, 0.25) is 0 Å². The van der Waals surface area contributed by atoms with Crippen molar-refractivity contribution in [3.8, 4) is 11.8 Å². The number of rotatable bonds is 2. The predicted octanol–water partition coefficient (Wildman–Crippen LogP) is -0.0166. The third-order valence-corrected chi connectivity index (χ3v) is 1.58. The number of nitrogens with zero attached hydrogens (tertiary/aromatic N) is 1. The van der Waals surface area contributed by atoms with E-state index >= 15 is 0 Å². The highest BCUT2D eigenvalue weighted by Crippen LogP contribution is 2.04. The summed E-state index contributed by atoms with van der Waals surface area (Å²) in [7, 11) is 0. The number of nitro groups is 1. The van der Waals surface area contributed by atoms with Gasteiger partial charge in [0.1, 0.15) is 0 Å². The fourth-order valence-corrected chi connectivity index (χ4v) is 0.916. The van der Waals surface area contributed by atoms with Crippen LogP contribution in [-0.2, 0) is 0 Å². The first-order valence-electron chi connectivity index (χ1n) is 4.21. The topological polar surface area (TPSA) is 102 Å². The Morgan fingerprint density at radius 1 is 1.60 bits per heavy atom. The zero-order valence-electron chi connectivity index (χ0n) is 7.82. The first-order chi connectivity index (χ1) is 7.15. The fraction of sp³-hybridized carbons (Fsp3) is 0.222. The van der Waals surface area contributed by atoms with Crippen LogP contribution in [0.3, 0.4) is 0 Å². The molecule has 1 aromatic rings. The maximum atomic E-state index is 11.0. The van der Waals surface area contributed by atoms with Crippen molar-refractivity contribution < 1.29 is 4.92 Å². The molecule has 0 aromatic carbocycles. The molecule has 0 saturated heterocycles. The van der Waals surface area contributed by atoms with Gasteiger partial charge in [-0.2, -0.15) is 0 Å². The van der Waals surface area contributed by atoms with Crippen molar-refractivity contribution >= 4 is 5.69 Å². The molecule has 0 unspecified atom stereocenters. The maximum absolute atomic E-state index is 11.0. The second kappa shape index (κ2) is 4.93. The van der Waals surface area contributed by atoms with Crippen molar-refractivity contribution in [1.29, 1.82) is 0 Å². The zero-order chi connectivity index (χ0) is 11.3. The van der Waals surface area contributed by atoms with Crippen molar-refractivity contribution in [3.05, 3.63) is 38.3 Å². The van der Waals surface area contributed by atoms with Crippen LogP contribution in [0.2, 0.25) is 0 Å². The number of hydrogen-bond acceptors (Lipinski definition) is 4. The summed E-state index contributed by atoms with van der Waals surface area (Å²) in [6, 6.07) is 1.14. The van der Waals surface area contributed by atoms with E-state index in [0.29, 0.717) is 18.5 Å². The van der Waals surface area contributed by atoms with Crippen LogP contribution in [0.1, 0.15) is 12.0 Å². The van der Waals surface area contributed by atoms with Gasteiger partial charge in [-0.3, -0.25) is 14.9 Å². The lowest BCUT2D eigenvalue weighted by atomic mass is 10.2. The molecule has 0 bridgehead atoms. The van der Waals surface area contributed by atoms with E-state index in [9.17, 15) is 14.9 Å². The first kappa shape index (κ1) is 10.9. The van der Waals surface area contributed by atoms with E-state index < -0.39 is 16.2 Å². The Hall–Kier alpha value is -2.13. The normalized spacial score (nSPS) is 9.13. The van der Waals surface area contributed by atoms with E-state index in [1.54, 1.807) is 0 Å². The van der Waals surface area contributed by atoms with E-state index in [4.69, 9.17) is 5.73 Å². The molecule has 3 N–H and O–H groups in total. The molecule has 0 saturated carbocycles. The summed E-state index contributed by atoms with van der Waals surface area (Å²) < 4.78 is 0. The van der Waals surface area contributed by atoms with E-state index in [0.717, 1.165) is 6.07 Å². The van der Waals surface area contributed by atoms with E-state index in [-0.39, 0.29) is 0 Å². The van der Waals surface area contributed by atoms with Gasteiger partial charge in [0.05, 0.1) is 4.92 Å². The van der Waals surface area contributed by atoms with Gasteiger partial charge in [0, 0.05) is 30.8 Å². The minimum atomic E-state index is -0.743. The number of hydrogen-bond donors (Lipinski definition) is 2. The summed E-state index contributed by atoms with van der Waals surface area (Å²) in [5, 5.41) is 10.4. The molecule has 78 valence electrons. The number of nitrogens with one attached hydrogen (secondary N) is 1. The van der Waals surface area contributed by atoms with Crippen LogP contribution in [0.5, 0.6) is 0 Å². The lowest BCUT2D eigenvalue weighted by Crippen LogP contribution is -2.10. The van der Waals surface area contributed by atoms with Crippen LogP contribution in [0.4, 0.5) is 5.69 Å². The number of H-pyrrole nitrogens is 1. The Balaban J connectivity index is 3.05. The molecule has 0 fully saturated rings. The van der Waals surface area contributed by atoms with Gasteiger partial charge in [-0.05, 0) is 0 Å². The molecule has 0 aliphatic heterocycles. The van der Waals surface area contributed by atoms with Crippen molar-refractivity contribution in [1.82, 2.24) is 4.98 Å². The van der Waals surface area contributed by atoms with E-state index in [1.165, 1.54) is 6.20 Å². The standard InChI is InChI=1S/C9H9N3O3/c10-4-2-1-3-7-5-8(12(14)15)9(13)11-6-7/h5-6H,2,4,10H2,(H,11,13). The highest BCUT2D eigenvalue weighted by atomic mass is 16.6. The van der Waals surface area contributed by atoms with Crippen LogP contribution >= 0.6 is 0 Å². The largest absolute Gasteiger partial charge is 0.335 e. The maximum Gasteiger partial charge on any atom is 0.335 e. The predicted molar refractivity (Wildman–Crippen MR) is 54.3 cm³/mol. The van der Waals surface area contributed by atoms with Gasteiger partial charge in [-0.1, -0.05) is 11.8 Å². The average Bonchev–Trinajstić information content (AvgIpc) is 2.20. The lowest BCUT2D eigenvalue weighted by molar-refractivity contribution is -0.386. The van der Waals surface area contributed by atoms with Gasteiger partial charge < -0.3 is 10.7 Å². The third-order valence-electron chi connectivity index (χ3n) is 1.58. The van der Waals surface area contributed by atoms with Crippen LogP contribution in [0.25, 0.3) is 0 Å². The summed E-state index contributed by atoms with van der Waals surface area (Å²) in [5.41, 5.74) is 4.39. The first-order valence-corrected chi connectivity index (χ1v) is 4.21. The molecule has 6 heteroatoms. The summed E-state index contributed by atoms with van der Waals surface area (Å²) in [5.74, 6) is 5.38. The summed E-state index contributed by atoms with van der Waals surface area (Å²) in [4.78, 5) is 22.9. The quantitative estimate of drug-likeness (QED) is 0.404. The van der Waals surface area contributed by atoms with Crippen molar-refractivity contribution in [2.24, 2.45) is 5.73 Å². The molecule has 0 aliphatic rings. The molecule has 1 rings (SSSR count). The smallest absolute Gasteiger partial charge is 0.330 e. The average molecular weight is 207 g/mol. The lowest BCUT2D eigenvalue weighted by Gasteiger charge is -1.91. The number of pyridine rings is 1. The van der Waals surface area contributed by atoms with Gasteiger partial charge in [-0.15, -0.1) is 0 Å². The second-order valence-corrected chi connectivity index (χ2v) is 2.70. The zero-order valence-corrected chi connectivity index (χ0v) is 7.82. The Morgan fingerprint density at radius 3 is 2.93 bits per heavy atom. The Bertz CT molecular complexity index is 481. The Morgan fingerprint density at radius 2 is 2.33 bits per heavy atom.